The van der Waals surface area contributed by atoms with Crippen molar-refractivity contribution < 1.29 is 39.2 Å². The van der Waals surface area contributed by atoms with Crippen molar-refractivity contribution in [3.8, 4) is 0 Å². The van der Waals surface area contributed by atoms with Crippen LogP contribution in [0.4, 0.5) is 0 Å². The molecule has 0 rings (SSSR count). The quantitative estimate of drug-likeness (QED) is 0.375. The summed E-state index contributed by atoms with van der Waals surface area (Å²) in [6, 6.07) is 0. The molecule has 3 N–H and O–H groups in total. The summed E-state index contributed by atoms with van der Waals surface area (Å²) in [5.41, 5.74) is -4.93. The minimum Gasteiger partial charge on any atom is -0.481 e. The fraction of sp³-hybridized carbons (Fsp3) is 0.765. The Morgan fingerprint density at radius 3 is 1.72 bits per heavy atom. The van der Waals surface area contributed by atoms with Crippen LogP contribution in [0.1, 0.15) is 66.2 Å². The van der Waals surface area contributed by atoms with Crippen LogP contribution in [0.5, 0.6) is 0 Å². The van der Waals surface area contributed by atoms with Crippen LogP contribution in [0.2, 0.25) is 0 Å². The van der Waals surface area contributed by atoms with Crippen LogP contribution in [-0.4, -0.2) is 44.8 Å². The van der Waals surface area contributed by atoms with Crippen LogP contribution >= 0.6 is 0 Å². The van der Waals surface area contributed by atoms with Crippen molar-refractivity contribution >= 4 is 23.9 Å². The molecular weight excluding hydrogens is 332 g/mol. The van der Waals surface area contributed by atoms with Crippen LogP contribution in [0.25, 0.3) is 0 Å². The van der Waals surface area contributed by atoms with Crippen LogP contribution in [0.15, 0.2) is 0 Å². The molecule has 0 spiro atoms. The summed E-state index contributed by atoms with van der Waals surface area (Å²) in [5, 5.41) is 30.4. The van der Waals surface area contributed by atoms with E-state index in [1.54, 1.807) is 20.8 Å². The van der Waals surface area contributed by atoms with E-state index in [0.29, 0.717) is 19.3 Å². The molecule has 0 fully saturated rings. The molecule has 2 atom stereocenters. The Morgan fingerprint density at radius 1 is 0.960 bits per heavy atom. The third kappa shape index (κ3) is 4.56. The third-order valence-corrected chi connectivity index (χ3v) is 4.42. The molecule has 0 radical (unpaired) electrons. The number of ether oxygens (including phenoxy) is 1. The zero-order chi connectivity index (χ0) is 19.8. The van der Waals surface area contributed by atoms with Gasteiger partial charge in [0.1, 0.15) is 5.41 Å². The van der Waals surface area contributed by atoms with Gasteiger partial charge < -0.3 is 20.1 Å². The van der Waals surface area contributed by atoms with Gasteiger partial charge in [-0.25, -0.2) is 4.79 Å². The maximum atomic E-state index is 12.7. The van der Waals surface area contributed by atoms with E-state index < -0.39 is 40.8 Å². The Morgan fingerprint density at radius 2 is 1.44 bits per heavy atom. The third-order valence-electron chi connectivity index (χ3n) is 4.42. The molecule has 0 aliphatic heterocycles. The molecule has 8 nitrogen and oxygen atoms in total. The average molecular weight is 360 g/mol. The van der Waals surface area contributed by atoms with E-state index in [2.05, 4.69) is 4.74 Å². The van der Waals surface area contributed by atoms with Gasteiger partial charge in [0.2, 0.25) is 0 Å². The number of hydrogen-bond donors (Lipinski definition) is 3. The zero-order valence-electron chi connectivity index (χ0n) is 15.2. The second-order valence-electron chi connectivity index (χ2n) is 6.21. The summed E-state index contributed by atoms with van der Waals surface area (Å²) in [6.07, 6.45) is 0.498. The van der Waals surface area contributed by atoms with E-state index in [1.807, 2.05) is 0 Å². The first kappa shape index (κ1) is 23.0. The van der Waals surface area contributed by atoms with E-state index in [0.717, 1.165) is 6.92 Å². The molecule has 144 valence electrons. The first-order chi connectivity index (χ1) is 11.5. The normalized spacial score (nSPS) is 15.1. The molecule has 0 heterocycles. The molecule has 0 saturated heterocycles. The van der Waals surface area contributed by atoms with E-state index in [4.69, 9.17) is 0 Å². The molecule has 0 aromatic carbocycles. The summed E-state index contributed by atoms with van der Waals surface area (Å²) in [5.74, 6) is -7.19. The fourth-order valence-electron chi connectivity index (χ4n) is 3.43. The van der Waals surface area contributed by atoms with E-state index >= 15 is 0 Å². The van der Waals surface area contributed by atoms with Crippen molar-refractivity contribution in [3.05, 3.63) is 0 Å². The van der Waals surface area contributed by atoms with Crippen molar-refractivity contribution in [1.82, 2.24) is 0 Å². The van der Waals surface area contributed by atoms with E-state index in [-0.39, 0.29) is 19.3 Å². The predicted molar refractivity (Wildman–Crippen MR) is 87.6 cm³/mol. The van der Waals surface area contributed by atoms with E-state index in [9.17, 15) is 34.5 Å². The number of carboxylic acids is 2. The Kier molecular flexibility index (Phi) is 8.76. The first-order valence-corrected chi connectivity index (χ1v) is 8.46. The molecule has 0 aliphatic carbocycles. The van der Waals surface area contributed by atoms with Gasteiger partial charge in [-0.05, 0) is 19.3 Å². The Labute approximate surface area is 147 Å². The summed E-state index contributed by atoms with van der Waals surface area (Å²) in [7, 11) is 0. The highest BCUT2D eigenvalue weighted by molar-refractivity contribution is 5.96. The minimum atomic E-state index is -2.90. The largest absolute Gasteiger partial charge is 0.481 e. The average Bonchev–Trinajstić information content (AvgIpc) is 2.50. The van der Waals surface area contributed by atoms with Crippen LogP contribution < -0.4 is 0 Å². The molecule has 0 aromatic rings. The summed E-state index contributed by atoms with van der Waals surface area (Å²) in [6.45, 7) is 5.97. The van der Waals surface area contributed by atoms with Gasteiger partial charge in [0.05, 0.1) is 5.92 Å². The predicted octanol–water partition coefficient (Wildman–Crippen LogP) is 1.98. The first-order valence-electron chi connectivity index (χ1n) is 8.46. The summed E-state index contributed by atoms with van der Waals surface area (Å²) >= 11 is 0. The Hall–Kier alpha value is -1.96. The molecule has 0 saturated carbocycles. The number of rotatable bonds is 11. The second-order valence-corrected chi connectivity index (χ2v) is 6.21. The van der Waals surface area contributed by atoms with Crippen LogP contribution in [0, 0.1) is 11.3 Å². The van der Waals surface area contributed by atoms with Gasteiger partial charge in [0.25, 0.3) is 0 Å². The summed E-state index contributed by atoms with van der Waals surface area (Å²) in [4.78, 5) is 47.6. The maximum absolute atomic E-state index is 12.7. The number of carbonyl (C=O) groups excluding carboxylic acids is 2. The number of carboxylic acid groups (broad SMARTS) is 2. The van der Waals surface area contributed by atoms with Gasteiger partial charge in [-0.2, -0.15) is 0 Å². The SMILES string of the molecule is CCCC(C(=O)O)C(O)(C(=O)O)C(CCC)(CCC)C(=O)OC(C)=O. The highest BCUT2D eigenvalue weighted by Gasteiger charge is 2.65. The van der Waals surface area contributed by atoms with Crippen LogP contribution in [0.3, 0.4) is 0 Å². The van der Waals surface area contributed by atoms with Gasteiger partial charge in [0, 0.05) is 6.92 Å². The molecule has 8 heteroatoms. The van der Waals surface area contributed by atoms with Crippen molar-refractivity contribution in [2.24, 2.45) is 11.3 Å². The Balaban J connectivity index is 6.62. The highest BCUT2D eigenvalue weighted by Crippen LogP contribution is 2.48. The second kappa shape index (κ2) is 9.50. The van der Waals surface area contributed by atoms with Crippen molar-refractivity contribution in [2.75, 3.05) is 0 Å². The molecule has 25 heavy (non-hydrogen) atoms. The van der Waals surface area contributed by atoms with Gasteiger partial charge in [0.15, 0.2) is 5.60 Å². The lowest BCUT2D eigenvalue weighted by Crippen LogP contribution is -2.64. The molecule has 0 bridgehead atoms. The Bertz CT molecular complexity index is 507. The van der Waals surface area contributed by atoms with Crippen molar-refractivity contribution in [2.45, 2.75) is 71.8 Å². The van der Waals surface area contributed by atoms with Gasteiger partial charge in [-0.15, -0.1) is 0 Å². The lowest BCUT2D eigenvalue weighted by molar-refractivity contribution is -0.210. The molecule has 0 amide bonds. The monoisotopic (exact) mass is 360 g/mol. The van der Waals surface area contributed by atoms with Crippen LogP contribution in [-0.2, 0) is 23.9 Å². The standard InChI is InChI=1S/C17H28O8/c1-5-8-12(13(19)20)17(24,14(21)22)16(9-6-2,10-7-3)15(23)25-11(4)18/h12,24H,5-10H2,1-4H3,(H,19,20)(H,21,22). The zero-order valence-corrected chi connectivity index (χ0v) is 15.2. The van der Waals surface area contributed by atoms with Gasteiger partial charge in [-0.3, -0.25) is 14.4 Å². The maximum Gasteiger partial charge on any atom is 0.337 e. The number of aliphatic hydroxyl groups is 1. The lowest BCUT2D eigenvalue weighted by Gasteiger charge is -2.45. The summed E-state index contributed by atoms with van der Waals surface area (Å²) < 4.78 is 4.63. The van der Waals surface area contributed by atoms with Gasteiger partial charge >= 0.3 is 23.9 Å². The number of carbonyl (C=O) groups is 4. The van der Waals surface area contributed by atoms with Gasteiger partial charge in [-0.1, -0.05) is 40.0 Å². The van der Waals surface area contributed by atoms with Crippen molar-refractivity contribution in [3.63, 3.8) is 0 Å². The highest BCUT2D eigenvalue weighted by atomic mass is 16.6. The minimum absolute atomic E-state index is 0.122. The number of aliphatic carboxylic acids is 2. The van der Waals surface area contributed by atoms with Crippen molar-refractivity contribution in [1.29, 1.82) is 0 Å². The smallest absolute Gasteiger partial charge is 0.337 e. The molecule has 0 aromatic heterocycles. The molecule has 2 unspecified atom stereocenters. The fourth-order valence-corrected chi connectivity index (χ4v) is 3.43. The number of hydrogen-bond acceptors (Lipinski definition) is 6. The molecular formula is C17H28O8. The number of esters is 2. The topological polar surface area (TPSA) is 138 Å². The molecule has 0 aliphatic rings. The lowest BCUT2D eigenvalue weighted by atomic mass is 9.60. The van der Waals surface area contributed by atoms with E-state index in [1.165, 1.54) is 0 Å².